The molecule has 0 bridgehead atoms. The highest BCUT2D eigenvalue weighted by molar-refractivity contribution is 5.55. The van der Waals surface area contributed by atoms with E-state index in [1.807, 2.05) is 0 Å². The van der Waals surface area contributed by atoms with Crippen molar-refractivity contribution in [2.24, 2.45) is 11.8 Å². The molecule has 10 heteroatoms. The molecule has 0 radical (unpaired) electrons. The highest BCUT2D eigenvalue weighted by Gasteiger charge is 2.48. The topological polar surface area (TPSA) is 114 Å². The standard InChI is InChI=1S/C26H34O10/c1-29-17-7-13(8-18(30-2)25(17)33-5)23-15-11-22(28)36-24(16(15)12-21(27)35-23)14-9-19(31-3)26(34-6)20(10-14)32-4/h7-10,15-16,21-24,27-28H,11-12H2,1-6H3/t15-,16-,21?,22?,23+,24+/m0/s1. The Bertz CT molecular complexity index is 924. The van der Waals surface area contributed by atoms with Crippen molar-refractivity contribution in [3.8, 4) is 34.5 Å². The molecular weight excluding hydrogens is 472 g/mol. The third-order valence-electron chi connectivity index (χ3n) is 6.91. The fourth-order valence-corrected chi connectivity index (χ4v) is 5.35. The minimum atomic E-state index is -1.04. The quantitative estimate of drug-likeness (QED) is 0.553. The Hall–Kier alpha value is -2.92. The summed E-state index contributed by atoms with van der Waals surface area (Å²) in [6.45, 7) is 0. The number of hydrogen-bond acceptors (Lipinski definition) is 10. The molecule has 0 aliphatic carbocycles. The molecule has 0 aromatic heterocycles. The van der Waals surface area contributed by atoms with Gasteiger partial charge in [0.15, 0.2) is 35.6 Å². The lowest BCUT2D eigenvalue weighted by molar-refractivity contribution is -0.277. The normalized spacial score (nSPS) is 27.6. The van der Waals surface area contributed by atoms with E-state index in [4.69, 9.17) is 37.9 Å². The number of hydrogen-bond donors (Lipinski definition) is 2. The minimum absolute atomic E-state index is 0.191. The number of rotatable bonds is 8. The Kier molecular flexibility index (Phi) is 7.99. The molecule has 0 spiro atoms. The Morgan fingerprint density at radius 1 is 0.556 bits per heavy atom. The van der Waals surface area contributed by atoms with Crippen LogP contribution in [0.15, 0.2) is 24.3 Å². The summed E-state index contributed by atoms with van der Waals surface area (Å²) in [6, 6.07) is 7.21. The van der Waals surface area contributed by atoms with Crippen LogP contribution < -0.4 is 28.4 Å². The summed E-state index contributed by atoms with van der Waals surface area (Å²) in [5.41, 5.74) is 1.46. The van der Waals surface area contributed by atoms with Gasteiger partial charge in [-0.15, -0.1) is 0 Å². The van der Waals surface area contributed by atoms with Crippen molar-refractivity contribution in [3.05, 3.63) is 35.4 Å². The van der Waals surface area contributed by atoms with Gasteiger partial charge in [0.1, 0.15) is 0 Å². The first-order valence-corrected chi connectivity index (χ1v) is 11.7. The summed E-state index contributed by atoms with van der Waals surface area (Å²) < 4.78 is 45.1. The van der Waals surface area contributed by atoms with E-state index in [0.29, 0.717) is 47.3 Å². The van der Waals surface area contributed by atoms with Crippen LogP contribution in [-0.2, 0) is 9.47 Å². The maximum absolute atomic E-state index is 10.8. The Balaban J connectivity index is 1.77. The van der Waals surface area contributed by atoms with Crippen LogP contribution in [0.3, 0.4) is 0 Å². The van der Waals surface area contributed by atoms with Crippen molar-refractivity contribution in [3.63, 3.8) is 0 Å². The van der Waals surface area contributed by atoms with Crippen LogP contribution in [-0.4, -0.2) is 65.5 Å². The van der Waals surface area contributed by atoms with E-state index < -0.39 is 24.8 Å². The van der Waals surface area contributed by atoms with Gasteiger partial charge in [-0.2, -0.15) is 0 Å². The van der Waals surface area contributed by atoms with E-state index in [-0.39, 0.29) is 11.8 Å². The number of fused-ring (bicyclic) bond motifs is 1. The van der Waals surface area contributed by atoms with Gasteiger partial charge in [0.2, 0.25) is 11.5 Å². The molecule has 2 heterocycles. The highest BCUT2D eigenvalue weighted by atomic mass is 16.6. The van der Waals surface area contributed by atoms with Gasteiger partial charge in [-0.3, -0.25) is 0 Å². The van der Waals surface area contributed by atoms with Gasteiger partial charge in [-0.1, -0.05) is 0 Å². The van der Waals surface area contributed by atoms with Gasteiger partial charge in [0.05, 0.1) is 54.9 Å². The van der Waals surface area contributed by atoms with E-state index in [2.05, 4.69) is 0 Å². The SMILES string of the molecule is COc1cc([C@H]2OC(O)C[C@H]3[C@@H]2CC(O)O[C@@H]3c2cc(OC)c(OC)c(OC)c2)cc(OC)c1OC. The second kappa shape index (κ2) is 11.0. The van der Waals surface area contributed by atoms with E-state index in [0.717, 1.165) is 11.1 Å². The largest absolute Gasteiger partial charge is 0.493 e. The van der Waals surface area contributed by atoms with E-state index in [1.165, 1.54) is 14.2 Å². The van der Waals surface area contributed by atoms with Crippen molar-refractivity contribution >= 4 is 0 Å². The zero-order valence-electron chi connectivity index (χ0n) is 21.3. The second-order valence-corrected chi connectivity index (χ2v) is 8.74. The van der Waals surface area contributed by atoms with Crippen LogP contribution in [0.5, 0.6) is 34.5 Å². The van der Waals surface area contributed by atoms with Crippen molar-refractivity contribution < 1.29 is 48.1 Å². The lowest BCUT2D eigenvalue weighted by Crippen LogP contribution is -2.45. The fourth-order valence-electron chi connectivity index (χ4n) is 5.35. The number of aliphatic hydroxyl groups is 2. The Labute approximate surface area is 210 Å². The molecule has 36 heavy (non-hydrogen) atoms. The van der Waals surface area contributed by atoms with Gasteiger partial charge < -0.3 is 48.1 Å². The molecule has 2 N–H and O–H groups in total. The zero-order valence-corrected chi connectivity index (χ0v) is 21.3. The summed E-state index contributed by atoms with van der Waals surface area (Å²) in [6.07, 6.45) is -2.57. The maximum Gasteiger partial charge on any atom is 0.203 e. The van der Waals surface area contributed by atoms with E-state index in [1.54, 1.807) is 52.7 Å². The zero-order chi connectivity index (χ0) is 26.0. The minimum Gasteiger partial charge on any atom is -0.493 e. The van der Waals surface area contributed by atoms with Crippen LogP contribution in [0.2, 0.25) is 0 Å². The molecule has 6 atom stereocenters. The van der Waals surface area contributed by atoms with Crippen molar-refractivity contribution in [1.82, 2.24) is 0 Å². The first kappa shape index (κ1) is 26.2. The second-order valence-electron chi connectivity index (χ2n) is 8.74. The average Bonchev–Trinajstić information content (AvgIpc) is 2.90. The van der Waals surface area contributed by atoms with E-state index in [9.17, 15) is 10.2 Å². The van der Waals surface area contributed by atoms with Crippen LogP contribution in [0.4, 0.5) is 0 Å². The summed E-state index contributed by atoms with van der Waals surface area (Å²) >= 11 is 0. The Morgan fingerprint density at radius 2 is 0.861 bits per heavy atom. The molecule has 4 rings (SSSR count). The van der Waals surface area contributed by atoms with Crippen molar-refractivity contribution in [2.45, 2.75) is 37.6 Å². The molecule has 2 aromatic carbocycles. The molecule has 2 aliphatic rings. The monoisotopic (exact) mass is 506 g/mol. The summed E-state index contributed by atoms with van der Waals surface area (Å²) in [5.74, 6) is 2.43. The first-order valence-electron chi connectivity index (χ1n) is 11.7. The van der Waals surface area contributed by atoms with E-state index >= 15 is 0 Å². The number of methoxy groups -OCH3 is 6. The molecule has 198 valence electrons. The highest BCUT2D eigenvalue weighted by Crippen LogP contribution is 2.54. The van der Waals surface area contributed by atoms with Gasteiger partial charge in [-0.25, -0.2) is 0 Å². The van der Waals surface area contributed by atoms with Gasteiger partial charge in [0, 0.05) is 24.7 Å². The molecule has 0 amide bonds. The molecule has 2 fully saturated rings. The smallest absolute Gasteiger partial charge is 0.203 e. The fraction of sp³-hybridized carbons (Fsp3) is 0.538. The number of benzene rings is 2. The Morgan fingerprint density at radius 3 is 1.11 bits per heavy atom. The molecule has 2 aliphatic heterocycles. The van der Waals surface area contributed by atoms with Gasteiger partial charge in [-0.05, 0) is 35.4 Å². The number of ether oxygens (including phenoxy) is 8. The third kappa shape index (κ3) is 4.73. The summed E-state index contributed by atoms with van der Waals surface area (Å²) in [7, 11) is 9.23. The predicted molar refractivity (Wildman–Crippen MR) is 128 cm³/mol. The predicted octanol–water partition coefficient (Wildman–Crippen LogP) is 3.23. The first-order chi connectivity index (χ1) is 17.4. The molecule has 0 saturated carbocycles. The lowest BCUT2D eigenvalue weighted by Gasteiger charge is -2.48. The maximum atomic E-state index is 10.8. The average molecular weight is 507 g/mol. The van der Waals surface area contributed by atoms with Crippen molar-refractivity contribution in [1.29, 1.82) is 0 Å². The molecule has 2 aromatic rings. The van der Waals surface area contributed by atoms with Crippen LogP contribution >= 0.6 is 0 Å². The van der Waals surface area contributed by atoms with Crippen LogP contribution in [0, 0.1) is 11.8 Å². The van der Waals surface area contributed by atoms with Gasteiger partial charge in [0.25, 0.3) is 0 Å². The van der Waals surface area contributed by atoms with Crippen molar-refractivity contribution in [2.75, 3.05) is 42.7 Å². The third-order valence-corrected chi connectivity index (χ3v) is 6.91. The lowest BCUT2D eigenvalue weighted by atomic mass is 9.72. The molecule has 2 saturated heterocycles. The summed E-state index contributed by atoms with van der Waals surface area (Å²) in [4.78, 5) is 0. The molecule has 10 nitrogen and oxygen atoms in total. The van der Waals surface area contributed by atoms with Crippen LogP contribution in [0.1, 0.15) is 36.2 Å². The van der Waals surface area contributed by atoms with Gasteiger partial charge >= 0.3 is 0 Å². The van der Waals surface area contributed by atoms with Crippen LogP contribution in [0.25, 0.3) is 0 Å². The molecular formula is C26H34O10. The summed E-state index contributed by atoms with van der Waals surface area (Å²) in [5, 5.41) is 21.5. The molecule has 2 unspecified atom stereocenters. The number of aliphatic hydroxyl groups excluding tert-OH is 2.